The summed E-state index contributed by atoms with van der Waals surface area (Å²) in [6, 6.07) is 6.37. The molecule has 0 unspecified atom stereocenters. The van der Waals surface area contributed by atoms with Crippen molar-refractivity contribution >= 4 is 15.7 Å². The Balaban J connectivity index is 2.87. The van der Waals surface area contributed by atoms with Gasteiger partial charge in [0.05, 0.1) is 5.69 Å². The smallest absolute Gasteiger partial charge is 0.242 e. The van der Waals surface area contributed by atoms with Gasteiger partial charge in [0.2, 0.25) is 10.0 Å². The molecule has 0 bridgehead atoms. The minimum atomic E-state index is -3.49. The first-order valence-corrected chi connectivity index (χ1v) is 6.01. The van der Waals surface area contributed by atoms with Crippen molar-refractivity contribution < 1.29 is 8.42 Å². The molecule has 0 radical (unpaired) electrons. The van der Waals surface area contributed by atoms with Gasteiger partial charge in [-0.15, -0.1) is 6.58 Å². The monoisotopic (exact) mass is 226 g/mol. The predicted octanol–water partition coefficient (Wildman–Crippen LogP) is 1.12. The van der Waals surface area contributed by atoms with Crippen molar-refractivity contribution in [1.82, 2.24) is 4.72 Å². The average Bonchev–Trinajstić information content (AvgIpc) is 2.18. The molecule has 15 heavy (non-hydrogen) atoms. The number of benzene rings is 1. The molecule has 0 aliphatic heterocycles. The molecule has 0 saturated heterocycles. The molecule has 1 aromatic carbocycles. The second-order valence-corrected chi connectivity index (χ2v) is 4.75. The molecule has 1 rings (SSSR count). The lowest BCUT2D eigenvalue weighted by molar-refractivity contribution is 0.582. The summed E-state index contributed by atoms with van der Waals surface area (Å²) >= 11 is 0. The van der Waals surface area contributed by atoms with Crippen LogP contribution in [0.15, 0.2) is 41.8 Å². The van der Waals surface area contributed by atoms with E-state index < -0.39 is 10.0 Å². The van der Waals surface area contributed by atoms with Gasteiger partial charge < -0.3 is 5.73 Å². The molecule has 0 heterocycles. The summed E-state index contributed by atoms with van der Waals surface area (Å²) in [5.41, 5.74) is 5.82. The third-order valence-electron chi connectivity index (χ3n) is 1.85. The second kappa shape index (κ2) is 4.95. The van der Waals surface area contributed by atoms with Crippen LogP contribution in [0.4, 0.5) is 5.69 Å². The third kappa shape index (κ3) is 3.07. The Bertz CT molecular complexity index is 440. The first-order chi connectivity index (χ1) is 7.08. The predicted molar refractivity (Wildman–Crippen MR) is 60.9 cm³/mol. The van der Waals surface area contributed by atoms with Crippen LogP contribution in [-0.2, 0) is 10.0 Å². The van der Waals surface area contributed by atoms with Gasteiger partial charge in [0.25, 0.3) is 0 Å². The zero-order chi connectivity index (χ0) is 11.3. The van der Waals surface area contributed by atoms with E-state index in [0.29, 0.717) is 13.0 Å². The van der Waals surface area contributed by atoms with E-state index in [2.05, 4.69) is 11.3 Å². The Labute approximate surface area is 89.9 Å². The van der Waals surface area contributed by atoms with Crippen LogP contribution in [0.3, 0.4) is 0 Å². The van der Waals surface area contributed by atoms with Crippen LogP contribution in [0.25, 0.3) is 0 Å². The standard InChI is InChI=1S/C10H14N2O2S/c1-2-3-8-12-15(13,14)10-7-5-4-6-9(10)11/h2,4-7,12H,1,3,8,11H2. The summed E-state index contributed by atoms with van der Waals surface area (Å²) in [6.07, 6.45) is 2.24. The van der Waals surface area contributed by atoms with Gasteiger partial charge in [-0.1, -0.05) is 18.2 Å². The largest absolute Gasteiger partial charge is 0.398 e. The molecule has 1 aromatic rings. The van der Waals surface area contributed by atoms with Crippen LogP contribution in [0.5, 0.6) is 0 Å². The molecule has 0 aliphatic rings. The van der Waals surface area contributed by atoms with Gasteiger partial charge in [-0.2, -0.15) is 0 Å². The summed E-state index contributed by atoms with van der Waals surface area (Å²) < 4.78 is 25.8. The minimum Gasteiger partial charge on any atom is -0.398 e. The highest BCUT2D eigenvalue weighted by atomic mass is 32.2. The van der Waals surface area contributed by atoms with Gasteiger partial charge in [0.15, 0.2) is 0 Å². The number of nitrogens with one attached hydrogen (secondary N) is 1. The highest BCUT2D eigenvalue weighted by molar-refractivity contribution is 7.89. The van der Waals surface area contributed by atoms with Gasteiger partial charge in [-0.3, -0.25) is 0 Å². The number of para-hydroxylation sites is 1. The van der Waals surface area contributed by atoms with E-state index in [9.17, 15) is 8.42 Å². The molecule has 0 amide bonds. The zero-order valence-corrected chi connectivity index (χ0v) is 9.13. The van der Waals surface area contributed by atoms with Gasteiger partial charge in [-0.05, 0) is 18.6 Å². The zero-order valence-electron chi connectivity index (χ0n) is 8.31. The van der Waals surface area contributed by atoms with E-state index in [0.717, 1.165) is 0 Å². The Morgan fingerprint density at radius 1 is 1.40 bits per heavy atom. The van der Waals surface area contributed by atoms with Crippen molar-refractivity contribution in [2.24, 2.45) is 0 Å². The lowest BCUT2D eigenvalue weighted by atomic mass is 10.3. The Hall–Kier alpha value is -1.33. The van der Waals surface area contributed by atoms with Crippen LogP contribution >= 0.6 is 0 Å². The lowest BCUT2D eigenvalue weighted by Gasteiger charge is -2.07. The molecule has 0 fully saturated rings. The number of nitrogen functional groups attached to an aromatic ring is 1. The van der Waals surface area contributed by atoms with Crippen molar-refractivity contribution in [1.29, 1.82) is 0 Å². The highest BCUT2D eigenvalue weighted by Crippen LogP contribution is 2.16. The Morgan fingerprint density at radius 2 is 2.07 bits per heavy atom. The maximum absolute atomic E-state index is 11.7. The highest BCUT2D eigenvalue weighted by Gasteiger charge is 2.15. The minimum absolute atomic E-state index is 0.120. The number of sulfonamides is 1. The third-order valence-corrected chi connectivity index (χ3v) is 3.38. The van der Waals surface area contributed by atoms with E-state index in [4.69, 9.17) is 5.73 Å². The Morgan fingerprint density at radius 3 is 2.67 bits per heavy atom. The molecule has 0 saturated carbocycles. The molecule has 0 aliphatic carbocycles. The molecule has 82 valence electrons. The number of rotatable bonds is 5. The number of hydrogen-bond donors (Lipinski definition) is 2. The van der Waals surface area contributed by atoms with E-state index in [1.807, 2.05) is 0 Å². The topological polar surface area (TPSA) is 72.2 Å². The summed E-state index contributed by atoms with van der Waals surface area (Å²) in [4.78, 5) is 0.120. The van der Waals surface area contributed by atoms with Crippen LogP contribution < -0.4 is 10.5 Å². The van der Waals surface area contributed by atoms with Crippen molar-refractivity contribution in [2.45, 2.75) is 11.3 Å². The lowest BCUT2D eigenvalue weighted by Crippen LogP contribution is -2.25. The van der Waals surface area contributed by atoms with E-state index in [-0.39, 0.29) is 10.6 Å². The van der Waals surface area contributed by atoms with Gasteiger partial charge in [-0.25, -0.2) is 13.1 Å². The van der Waals surface area contributed by atoms with Crippen molar-refractivity contribution in [2.75, 3.05) is 12.3 Å². The van der Waals surface area contributed by atoms with Crippen LogP contribution in [0, 0.1) is 0 Å². The second-order valence-electron chi connectivity index (χ2n) is 3.01. The molecular formula is C10H14N2O2S. The molecule has 4 nitrogen and oxygen atoms in total. The maximum atomic E-state index is 11.7. The molecule has 5 heteroatoms. The fourth-order valence-electron chi connectivity index (χ4n) is 1.10. The fraction of sp³-hybridized carbons (Fsp3) is 0.200. The maximum Gasteiger partial charge on any atom is 0.242 e. The summed E-state index contributed by atoms with van der Waals surface area (Å²) in [6.45, 7) is 3.84. The van der Waals surface area contributed by atoms with Gasteiger partial charge in [0, 0.05) is 6.54 Å². The first kappa shape index (κ1) is 11.7. The quantitative estimate of drug-likeness (QED) is 0.449. The summed E-state index contributed by atoms with van der Waals surface area (Å²) in [7, 11) is -3.49. The SMILES string of the molecule is C=CCCNS(=O)(=O)c1ccccc1N. The normalized spacial score (nSPS) is 11.2. The van der Waals surface area contributed by atoms with Crippen molar-refractivity contribution in [3.05, 3.63) is 36.9 Å². The molecular weight excluding hydrogens is 212 g/mol. The number of hydrogen-bond acceptors (Lipinski definition) is 3. The van der Waals surface area contributed by atoms with Crippen molar-refractivity contribution in [3.8, 4) is 0 Å². The fourth-order valence-corrected chi connectivity index (χ4v) is 2.28. The molecule has 0 aromatic heterocycles. The van der Waals surface area contributed by atoms with Crippen LogP contribution in [0.2, 0.25) is 0 Å². The van der Waals surface area contributed by atoms with E-state index >= 15 is 0 Å². The molecule has 0 atom stereocenters. The summed E-state index contributed by atoms with van der Waals surface area (Å²) in [5.74, 6) is 0. The number of nitrogens with two attached hydrogens (primary N) is 1. The average molecular weight is 226 g/mol. The van der Waals surface area contributed by atoms with Crippen LogP contribution in [-0.4, -0.2) is 15.0 Å². The first-order valence-electron chi connectivity index (χ1n) is 4.53. The van der Waals surface area contributed by atoms with Gasteiger partial charge >= 0.3 is 0 Å². The Kier molecular flexibility index (Phi) is 3.88. The van der Waals surface area contributed by atoms with Gasteiger partial charge in [0.1, 0.15) is 4.90 Å². The van der Waals surface area contributed by atoms with Crippen molar-refractivity contribution in [3.63, 3.8) is 0 Å². The summed E-state index contributed by atoms with van der Waals surface area (Å²) in [5, 5.41) is 0. The molecule has 0 spiro atoms. The number of anilines is 1. The van der Waals surface area contributed by atoms with Crippen LogP contribution in [0.1, 0.15) is 6.42 Å². The molecule has 3 N–H and O–H groups in total. The van der Waals surface area contributed by atoms with E-state index in [1.165, 1.54) is 6.07 Å². The van der Waals surface area contributed by atoms with E-state index in [1.54, 1.807) is 24.3 Å².